The van der Waals surface area contributed by atoms with Crippen LogP contribution in [0.5, 0.6) is 0 Å². The molecular formula is C13H16ClN3. The highest BCUT2D eigenvalue weighted by Crippen LogP contribution is 2.35. The molecule has 0 aromatic carbocycles. The van der Waals surface area contributed by atoms with Gasteiger partial charge in [-0.25, -0.2) is 9.97 Å². The Morgan fingerprint density at radius 2 is 1.82 bits per heavy atom. The van der Waals surface area contributed by atoms with E-state index in [0.29, 0.717) is 5.15 Å². The van der Waals surface area contributed by atoms with Gasteiger partial charge in [0.1, 0.15) is 16.8 Å². The Morgan fingerprint density at radius 3 is 2.41 bits per heavy atom. The maximum atomic E-state index is 5.99. The number of rotatable bonds is 1. The van der Waals surface area contributed by atoms with Crippen molar-refractivity contribution in [1.82, 2.24) is 9.97 Å². The molecule has 4 heteroatoms. The Morgan fingerprint density at radius 1 is 1.18 bits per heavy atom. The third-order valence-electron chi connectivity index (χ3n) is 3.74. The summed E-state index contributed by atoms with van der Waals surface area (Å²) in [5.41, 5.74) is 0. The number of hydrogen-bond donors (Lipinski definition) is 0. The lowest BCUT2D eigenvalue weighted by Gasteiger charge is -2.17. The van der Waals surface area contributed by atoms with Crippen LogP contribution < -0.4 is 4.90 Å². The van der Waals surface area contributed by atoms with E-state index >= 15 is 0 Å². The molecular weight excluding hydrogens is 234 g/mol. The van der Waals surface area contributed by atoms with Gasteiger partial charge in [-0.2, -0.15) is 0 Å². The Hall–Kier alpha value is -1.09. The van der Waals surface area contributed by atoms with Crippen molar-refractivity contribution in [1.29, 1.82) is 0 Å². The van der Waals surface area contributed by atoms with E-state index in [1.54, 1.807) is 0 Å². The third kappa shape index (κ3) is 2.16. The first-order chi connectivity index (χ1) is 8.22. The molecule has 2 aliphatic rings. The lowest BCUT2D eigenvalue weighted by atomic mass is 9.86. The highest BCUT2D eigenvalue weighted by atomic mass is 35.5. The molecule has 0 spiro atoms. The smallest absolute Gasteiger partial charge is 0.134 e. The second-order valence-electron chi connectivity index (χ2n) is 4.96. The van der Waals surface area contributed by atoms with Crippen LogP contribution in [-0.2, 0) is 0 Å². The number of nitrogens with zero attached hydrogens (tertiary/aromatic N) is 3. The highest BCUT2D eigenvalue weighted by molar-refractivity contribution is 6.29. The van der Waals surface area contributed by atoms with Gasteiger partial charge in [-0.05, 0) is 31.6 Å². The van der Waals surface area contributed by atoms with E-state index in [-0.39, 0.29) is 0 Å². The fourth-order valence-corrected chi connectivity index (χ4v) is 3.10. The summed E-state index contributed by atoms with van der Waals surface area (Å²) in [5.74, 6) is 3.31. The number of fused-ring (bicyclic) bond motifs is 1. The summed E-state index contributed by atoms with van der Waals surface area (Å²) in [4.78, 5) is 10.9. The van der Waals surface area contributed by atoms with Gasteiger partial charge in [0, 0.05) is 19.2 Å². The Labute approximate surface area is 107 Å². The molecule has 1 aliphatic heterocycles. The standard InChI is InChI=1S/C13H16ClN3/c1-9-15-12(14)6-13(16-9)17-7-10-4-2-3-5-11(10)8-17/h2-3,6,10-11H,4-5,7-8H2,1H3. The maximum Gasteiger partial charge on any atom is 0.134 e. The molecule has 1 aromatic heterocycles. The lowest BCUT2D eigenvalue weighted by molar-refractivity contribution is 0.411. The summed E-state index contributed by atoms with van der Waals surface area (Å²) in [6, 6.07) is 1.87. The van der Waals surface area contributed by atoms with Crippen LogP contribution >= 0.6 is 11.6 Å². The topological polar surface area (TPSA) is 29.0 Å². The molecule has 0 N–H and O–H groups in total. The van der Waals surface area contributed by atoms with Gasteiger partial charge in [0.15, 0.2) is 0 Å². The number of anilines is 1. The normalized spacial score (nSPS) is 27.3. The molecule has 0 radical (unpaired) electrons. The van der Waals surface area contributed by atoms with E-state index in [0.717, 1.165) is 36.6 Å². The third-order valence-corrected chi connectivity index (χ3v) is 3.93. The summed E-state index contributed by atoms with van der Waals surface area (Å²) in [5, 5.41) is 0.542. The molecule has 2 heterocycles. The minimum absolute atomic E-state index is 0.542. The van der Waals surface area contributed by atoms with Gasteiger partial charge in [0.05, 0.1) is 0 Å². The molecule has 1 fully saturated rings. The van der Waals surface area contributed by atoms with Crippen molar-refractivity contribution >= 4 is 17.4 Å². The van der Waals surface area contributed by atoms with Crippen LogP contribution in [0, 0.1) is 18.8 Å². The van der Waals surface area contributed by atoms with Gasteiger partial charge in [-0.3, -0.25) is 0 Å². The number of hydrogen-bond acceptors (Lipinski definition) is 3. The molecule has 0 amide bonds. The number of halogens is 1. The van der Waals surface area contributed by atoms with Crippen molar-refractivity contribution < 1.29 is 0 Å². The van der Waals surface area contributed by atoms with E-state index in [1.165, 1.54) is 12.8 Å². The molecule has 0 saturated carbocycles. The van der Waals surface area contributed by atoms with Gasteiger partial charge in [-0.1, -0.05) is 23.8 Å². The van der Waals surface area contributed by atoms with Crippen LogP contribution in [0.1, 0.15) is 18.7 Å². The van der Waals surface area contributed by atoms with Crippen molar-refractivity contribution in [2.45, 2.75) is 19.8 Å². The monoisotopic (exact) mass is 249 g/mol. The Kier molecular flexibility index (Phi) is 2.79. The summed E-state index contributed by atoms with van der Waals surface area (Å²) in [6.45, 7) is 4.09. The summed E-state index contributed by atoms with van der Waals surface area (Å²) >= 11 is 5.99. The van der Waals surface area contributed by atoms with Crippen molar-refractivity contribution in [2.24, 2.45) is 11.8 Å². The number of aryl methyl sites for hydroxylation is 1. The fraction of sp³-hybridized carbons (Fsp3) is 0.538. The quantitative estimate of drug-likeness (QED) is 0.566. The maximum absolute atomic E-state index is 5.99. The van der Waals surface area contributed by atoms with E-state index in [1.807, 2.05) is 13.0 Å². The van der Waals surface area contributed by atoms with Gasteiger partial charge in [0.2, 0.25) is 0 Å². The average molecular weight is 250 g/mol. The van der Waals surface area contributed by atoms with E-state index in [9.17, 15) is 0 Å². The number of aromatic nitrogens is 2. The van der Waals surface area contributed by atoms with Gasteiger partial charge in [0.25, 0.3) is 0 Å². The Balaban J connectivity index is 1.82. The van der Waals surface area contributed by atoms with Crippen LogP contribution in [0.4, 0.5) is 5.82 Å². The predicted octanol–water partition coefficient (Wildman–Crippen LogP) is 2.84. The largest absolute Gasteiger partial charge is 0.356 e. The van der Waals surface area contributed by atoms with Crippen molar-refractivity contribution in [3.8, 4) is 0 Å². The molecule has 90 valence electrons. The van der Waals surface area contributed by atoms with Crippen LogP contribution in [0.2, 0.25) is 5.15 Å². The number of allylic oxidation sites excluding steroid dienone is 2. The average Bonchev–Trinajstić information content (AvgIpc) is 2.71. The van der Waals surface area contributed by atoms with Gasteiger partial charge < -0.3 is 4.90 Å². The van der Waals surface area contributed by atoms with Crippen LogP contribution in [-0.4, -0.2) is 23.1 Å². The minimum atomic E-state index is 0.542. The molecule has 1 aliphatic carbocycles. The molecule has 2 unspecified atom stereocenters. The zero-order chi connectivity index (χ0) is 11.8. The molecule has 2 atom stereocenters. The first-order valence-corrected chi connectivity index (χ1v) is 6.51. The first-order valence-electron chi connectivity index (χ1n) is 6.13. The molecule has 1 aromatic rings. The lowest BCUT2D eigenvalue weighted by Crippen LogP contribution is -2.21. The van der Waals surface area contributed by atoms with Crippen molar-refractivity contribution in [2.75, 3.05) is 18.0 Å². The summed E-state index contributed by atoms with van der Waals surface area (Å²) < 4.78 is 0. The van der Waals surface area contributed by atoms with Crippen LogP contribution in [0.3, 0.4) is 0 Å². The summed E-state index contributed by atoms with van der Waals surface area (Å²) in [6.07, 6.45) is 7.03. The molecule has 1 saturated heterocycles. The van der Waals surface area contributed by atoms with Gasteiger partial charge in [-0.15, -0.1) is 0 Å². The zero-order valence-corrected chi connectivity index (χ0v) is 10.7. The van der Waals surface area contributed by atoms with E-state index in [2.05, 4.69) is 27.0 Å². The SMILES string of the molecule is Cc1nc(Cl)cc(N2CC3CC=CCC3C2)n1. The molecule has 3 nitrogen and oxygen atoms in total. The summed E-state index contributed by atoms with van der Waals surface area (Å²) in [7, 11) is 0. The Bertz CT molecular complexity index is 422. The van der Waals surface area contributed by atoms with Crippen molar-refractivity contribution in [3.63, 3.8) is 0 Å². The second kappa shape index (κ2) is 4.30. The first kappa shape index (κ1) is 11.0. The van der Waals surface area contributed by atoms with Crippen LogP contribution in [0.25, 0.3) is 0 Å². The van der Waals surface area contributed by atoms with Gasteiger partial charge >= 0.3 is 0 Å². The fourth-order valence-electron chi connectivity index (χ4n) is 2.88. The zero-order valence-electron chi connectivity index (χ0n) is 9.93. The van der Waals surface area contributed by atoms with E-state index in [4.69, 9.17) is 11.6 Å². The predicted molar refractivity (Wildman–Crippen MR) is 69.3 cm³/mol. The second-order valence-corrected chi connectivity index (χ2v) is 5.35. The minimum Gasteiger partial charge on any atom is -0.356 e. The molecule has 17 heavy (non-hydrogen) atoms. The molecule has 0 bridgehead atoms. The van der Waals surface area contributed by atoms with Crippen LogP contribution in [0.15, 0.2) is 18.2 Å². The van der Waals surface area contributed by atoms with Crippen molar-refractivity contribution in [3.05, 3.63) is 29.2 Å². The highest BCUT2D eigenvalue weighted by Gasteiger charge is 2.33. The molecule has 3 rings (SSSR count). The van der Waals surface area contributed by atoms with E-state index < -0.39 is 0 Å².